The average molecular weight is 264 g/mol. The van der Waals surface area contributed by atoms with Crippen LogP contribution in [0.2, 0.25) is 0 Å². The van der Waals surface area contributed by atoms with Gasteiger partial charge in [0.25, 0.3) is 0 Å². The van der Waals surface area contributed by atoms with Gasteiger partial charge in [-0.05, 0) is 6.42 Å². The molecule has 102 valence electrons. The van der Waals surface area contributed by atoms with Crippen molar-refractivity contribution < 1.29 is 14.3 Å². The Labute approximate surface area is 111 Å². The Morgan fingerprint density at radius 1 is 1.42 bits per heavy atom. The average Bonchev–Trinajstić information content (AvgIpc) is 2.85. The minimum Gasteiger partial charge on any atom is -0.464 e. The number of anilines is 1. The van der Waals surface area contributed by atoms with Crippen LogP contribution in [0.3, 0.4) is 0 Å². The monoisotopic (exact) mass is 264 g/mol. The Kier molecular flexibility index (Phi) is 3.94. The maximum atomic E-state index is 11.2. The highest BCUT2D eigenvalue weighted by Gasteiger charge is 2.24. The topological polar surface area (TPSA) is 84.4 Å². The highest BCUT2D eigenvalue weighted by atomic mass is 16.5. The van der Waals surface area contributed by atoms with E-state index in [1.165, 1.54) is 20.2 Å². The molecule has 7 heteroatoms. The summed E-state index contributed by atoms with van der Waals surface area (Å²) in [6.45, 7) is 3.01. The molecule has 0 bridgehead atoms. The summed E-state index contributed by atoms with van der Waals surface area (Å²) in [5.74, 6) is 0.163. The molecule has 1 aromatic rings. The first-order valence-electron chi connectivity index (χ1n) is 6.02. The summed E-state index contributed by atoms with van der Waals surface area (Å²) in [6, 6.07) is 0.139. The van der Waals surface area contributed by atoms with Crippen molar-refractivity contribution in [2.75, 3.05) is 25.1 Å². The summed E-state index contributed by atoms with van der Waals surface area (Å²) in [7, 11) is 1.30. The lowest BCUT2D eigenvalue weighted by Gasteiger charge is -2.17. The first-order chi connectivity index (χ1) is 9.10. The quantitative estimate of drug-likeness (QED) is 0.772. The van der Waals surface area contributed by atoms with Crippen molar-refractivity contribution in [2.24, 2.45) is 0 Å². The maximum absolute atomic E-state index is 11.2. The molecule has 1 unspecified atom stereocenters. The van der Waals surface area contributed by atoms with Crippen LogP contribution in [0.15, 0.2) is 12.4 Å². The third-order valence-electron chi connectivity index (χ3n) is 2.95. The Morgan fingerprint density at radius 2 is 2.21 bits per heavy atom. The lowest BCUT2D eigenvalue weighted by molar-refractivity contribution is -0.119. The fourth-order valence-electron chi connectivity index (χ4n) is 2.07. The van der Waals surface area contributed by atoms with Gasteiger partial charge in [-0.25, -0.2) is 14.8 Å². The van der Waals surface area contributed by atoms with Gasteiger partial charge in [-0.15, -0.1) is 0 Å². The number of ether oxygens (including phenoxy) is 1. The summed E-state index contributed by atoms with van der Waals surface area (Å²) < 4.78 is 4.56. The number of hydrogen-bond acceptors (Lipinski definition) is 6. The van der Waals surface area contributed by atoms with Crippen LogP contribution in [0.1, 0.15) is 23.8 Å². The molecule has 0 aromatic carbocycles. The lowest BCUT2D eigenvalue weighted by atomic mass is 10.3. The molecule has 1 aliphatic rings. The molecule has 0 radical (unpaired) electrons. The number of aromatic nitrogens is 2. The lowest BCUT2D eigenvalue weighted by Crippen LogP contribution is -2.35. The van der Waals surface area contributed by atoms with Gasteiger partial charge in [0, 0.05) is 26.1 Å². The number of carbonyl (C=O) groups excluding carboxylic acids is 2. The molecule has 1 fully saturated rings. The predicted molar refractivity (Wildman–Crippen MR) is 67.8 cm³/mol. The second-order valence-corrected chi connectivity index (χ2v) is 4.38. The van der Waals surface area contributed by atoms with Gasteiger partial charge in [0.15, 0.2) is 5.69 Å². The Morgan fingerprint density at radius 3 is 2.79 bits per heavy atom. The molecular formula is C12H16N4O3. The molecule has 1 amide bonds. The van der Waals surface area contributed by atoms with Gasteiger partial charge < -0.3 is 15.0 Å². The van der Waals surface area contributed by atoms with E-state index in [0.717, 1.165) is 13.0 Å². The van der Waals surface area contributed by atoms with E-state index in [0.29, 0.717) is 12.4 Å². The number of nitrogens with one attached hydrogen (secondary N) is 1. The van der Waals surface area contributed by atoms with E-state index in [9.17, 15) is 9.59 Å². The van der Waals surface area contributed by atoms with E-state index in [1.807, 2.05) is 4.90 Å². The van der Waals surface area contributed by atoms with Gasteiger partial charge in [-0.2, -0.15) is 0 Å². The smallest absolute Gasteiger partial charge is 0.358 e. The molecule has 2 rings (SSSR count). The van der Waals surface area contributed by atoms with Crippen LogP contribution in [-0.4, -0.2) is 48.1 Å². The molecule has 1 saturated heterocycles. The number of rotatable bonds is 3. The van der Waals surface area contributed by atoms with E-state index < -0.39 is 5.97 Å². The van der Waals surface area contributed by atoms with Crippen LogP contribution < -0.4 is 10.2 Å². The van der Waals surface area contributed by atoms with E-state index in [2.05, 4.69) is 20.0 Å². The fraction of sp³-hybridized carbons (Fsp3) is 0.500. The molecule has 7 nitrogen and oxygen atoms in total. The van der Waals surface area contributed by atoms with Gasteiger partial charge in [-0.1, -0.05) is 0 Å². The van der Waals surface area contributed by atoms with Gasteiger partial charge in [0.05, 0.1) is 19.5 Å². The summed E-state index contributed by atoms with van der Waals surface area (Å²) in [5.41, 5.74) is 0.184. The summed E-state index contributed by atoms with van der Waals surface area (Å²) in [5, 5.41) is 2.88. The van der Waals surface area contributed by atoms with Crippen molar-refractivity contribution in [3.63, 3.8) is 0 Å². The zero-order valence-electron chi connectivity index (χ0n) is 10.9. The Hall–Kier alpha value is -2.18. The van der Waals surface area contributed by atoms with Crippen molar-refractivity contribution in [2.45, 2.75) is 19.4 Å². The predicted octanol–water partition coefficient (Wildman–Crippen LogP) is -0.0220. The molecule has 0 saturated carbocycles. The molecule has 2 heterocycles. The van der Waals surface area contributed by atoms with Crippen LogP contribution in [0.4, 0.5) is 5.82 Å². The first kappa shape index (κ1) is 13.3. The molecule has 1 N–H and O–H groups in total. The largest absolute Gasteiger partial charge is 0.464 e. The standard InChI is InChI=1S/C12H16N4O3/c1-8(17)15-9-3-4-16(7-9)11-6-13-10(5-14-11)12(18)19-2/h5-6,9H,3-4,7H2,1-2H3,(H,15,17). The zero-order chi connectivity index (χ0) is 13.8. The van der Waals surface area contributed by atoms with Crippen molar-refractivity contribution >= 4 is 17.7 Å². The first-order valence-corrected chi connectivity index (χ1v) is 6.02. The number of carbonyl (C=O) groups is 2. The van der Waals surface area contributed by atoms with Crippen molar-refractivity contribution in [1.29, 1.82) is 0 Å². The number of amides is 1. The van der Waals surface area contributed by atoms with Gasteiger partial charge >= 0.3 is 5.97 Å². The normalized spacial score (nSPS) is 18.2. The maximum Gasteiger partial charge on any atom is 0.358 e. The molecule has 0 spiro atoms. The SMILES string of the molecule is COC(=O)c1cnc(N2CCC(NC(C)=O)C2)cn1. The number of hydrogen-bond donors (Lipinski definition) is 1. The van der Waals surface area contributed by atoms with Crippen LogP contribution >= 0.6 is 0 Å². The highest BCUT2D eigenvalue weighted by Crippen LogP contribution is 2.17. The van der Waals surface area contributed by atoms with Gasteiger partial charge in [0.1, 0.15) is 5.82 Å². The van der Waals surface area contributed by atoms with Crippen molar-refractivity contribution in [3.05, 3.63) is 18.1 Å². The Balaban J connectivity index is 2.00. The third-order valence-corrected chi connectivity index (χ3v) is 2.95. The van der Waals surface area contributed by atoms with Gasteiger partial charge in [0.2, 0.25) is 5.91 Å². The van der Waals surface area contributed by atoms with E-state index in [1.54, 1.807) is 6.20 Å². The summed E-state index contributed by atoms with van der Waals surface area (Å²) in [6.07, 6.45) is 3.81. The van der Waals surface area contributed by atoms with Crippen molar-refractivity contribution in [1.82, 2.24) is 15.3 Å². The molecule has 19 heavy (non-hydrogen) atoms. The second-order valence-electron chi connectivity index (χ2n) is 4.38. The van der Waals surface area contributed by atoms with Crippen LogP contribution in [0.25, 0.3) is 0 Å². The number of nitrogens with zero attached hydrogens (tertiary/aromatic N) is 3. The fourth-order valence-corrected chi connectivity index (χ4v) is 2.07. The van der Waals surface area contributed by atoms with Crippen LogP contribution in [0, 0.1) is 0 Å². The summed E-state index contributed by atoms with van der Waals surface area (Å²) >= 11 is 0. The molecule has 1 atom stereocenters. The number of esters is 1. The Bertz CT molecular complexity index is 474. The second kappa shape index (κ2) is 5.64. The van der Waals surface area contributed by atoms with E-state index in [4.69, 9.17) is 0 Å². The van der Waals surface area contributed by atoms with E-state index >= 15 is 0 Å². The van der Waals surface area contributed by atoms with Gasteiger partial charge in [-0.3, -0.25) is 4.79 Å². The number of methoxy groups -OCH3 is 1. The summed E-state index contributed by atoms with van der Waals surface area (Å²) in [4.78, 5) is 32.4. The van der Waals surface area contributed by atoms with Crippen molar-refractivity contribution in [3.8, 4) is 0 Å². The minimum absolute atomic E-state index is 0.0287. The molecule has 0 aliphatic carbocycles. The zero-order valence-corrected chi connectivity index (χ0v) is 10.9. The highest BCUT2D eigenvalue weighted by molar-refractivity contribution is 5.86. The minimum atomic E-state index is -0.503. The van der Waals surface area contributed by atoms with Crippen LogP contribution in [0.5, 0.6) is 0 Å². The molecule has 1 aliphatic heterocycles. The molecular weight excluding hydrogens is 248 g/mol. The molecule has 1 aromatic heterocycles. The third kappa shape index (κ3) is 3.18. The van der Waals surface area contributed by atoms with E-state index in [-0.39, 0.29) is 17.6 Å². The van der Waals surface area contributed by atoms with Crippen LogP contribution in [-0.2, 0) is 9.53 Å².